The average Bonchev–Trinajstić information content (AvgIpc) is 2.75. The molecule has 0 amide bonds. The highest BCUT2D eigenvalue weighted by atomic mass is 79.9. The first-order valence-electron chi connectivity index (χ1n) is 8.84. The Kier molecular flexibility index (Phi) is 7.26. The molecule has 4 aromatic rings. The van der Waals surface area contributed by atoms with E-state index in [2.05, 4.69) is 52.3 Å². The summed E-state index contributed by atoms with van der Waals surface area (Å²) in [6, 6.07) is 34.8. The molecule has 0 atom stereocenters. The third-order valence-electron chi connectivity index (χ3n) is 4.15. The van der Waals surface area contributed by atoms with E-state index in [-0.39, 0.29) is 4.90 Å². The molecule has 0 radical (unpaired) electrons. The lowest BCUT2D eigenvalue weighted by atomic mass is 10.1. The Morgan fingerprint density at radius 2 is 1.00 bits per heavy atom. The molecule has 29 heavy (non-hydrogen) atoms. The molecule has 0 heterocycles. The predicted molar refractivity (Wildman–Crippen MR) is 124 cm³/mol. The second-order valence-electron chi connectivity index (χ2n) is 6.21. The molecule has 0 fully saturated rings. The van der Waals surface area contributed by atoms with Gasteiger partial charge in [-0.15, -0.1) is 0 Å². The summed E-state index contributed by atoms with van der Waals surface area (Å²) in [4.78, 5) is 0.121. The molecular weight excluding hydrogens is 468 g/mol. The van der Waals surface area contributed by atoms with Gasteiger partial charge < -0.3 is 0 Å². The van der Waals surface area contributed by atoms with Gasteiger partial charge in [0.15, 0.2) is 0 Å². The van der Waals surface area contributed by atoms with Crippen LogP contribution in [0.4, 0.5) is 0 Å². The minimum atomic E-state index is -3.66. The maximum Gasteiger partial charge on any atom is 0.261 e. The molecule has 0 aliphatic heterocycles. The fourth-order valence-electron chi connectivity index (χ4n) is 2.76. The van der Waals surface area contributed by atoms with Crippen molar-refractivity contribution in [1.82, 2.24) is 0 Å². The van der Waals surface area contributed by atoms with E-state index in [9.17, 15) is 8.42 Å². The van der Waals surface area contributed by atoms with Gasteiger partial charge >= 0.3 is 0 Å². The second kappa shape index (κ2) is 9.88. The van der Waals surface area contributed by atoms with Crippen molar-refractivity contribution >= 4 is 35.7 Å². The zero-order chi connectivity index (χ0) is 20.7. The molecule has 146 valence electrons. The zero-order valence-electron chi connectivity index (χ0n) is 15.4. The Hall–Kier alpha value is -2.40. The van der Waals surface area contributed by atoms with Crippen molar-refractivity contribution < 1.29 is 8.42 Å². The summed E-state index contributed by atoms with van der Waals surface area (Å²) in [5.41, 5.74) is 4.30. The van der Waals surface area contributed by atoms with Crippen molar-refractivity contribution in [1.29, 1.82) is 0 Å². The van der Waals surface area contributed by atoms with Crippen molar-refractivity contribution in [2.75, 3.05) is 0 Å². The van der Waals surface area contributed by atoms with Crippen LogP contribution in [0, 0.1) is 0 Å². The summed E-state index contributed by atoms with van der Waals surface area (Å²) in [5.74, 6) is 0. The minimum Gasteiger partial charge on any atom is -0.207 e. The number of benzene rings is 4. The van der Waals surface area contributed by atoms with Crippen LogP contribution >= 0.6 is 26.6 Å². The fraction of sp³-hybridized carbons (Fsp3) is 0. The average molecular weight is 486 g/mol. The van der Waals surface area contributed by atoms with Gasteiger partial charge in [0.25, 0.3) is 9.05 Å². The van der Waals surface area contributed by atoms with Crippen molar-refractivity contribution in [2.45, 2.75) is 4.90 Å². The fourth-order valence-corrected chi connectivity index (χ4v) is 3.95. The van der Waals surface area contributed by atoms with Gasteiger partial charge in [-0.25, -0.2) is 8.42 Å². The van der Waals surface area contributed by atoms with Gasteiger partial charge in [-0.05, 0) is 46.5 Å². The summed E-state index contributed by atoms with van der Waals surface area (Å²) in [7, 11) is 1.63. The van der Waals surface area contributed by atoms with E-state index in [1.54, 1.807) is 12.1 Å². The molecule has 0 aliphatic rings. The zero-order valence-corrected chi connectivity index (χ0v) is 18.5. The predicted octanol–water partition coefficient (Wildman–Crippen LogP) is 7.40. The van der Waals surface area contributed by atoms with Crippen molar-refractivity contribution in [3.05, 3.63) is 114 Å². The Morgan fingerprint density at radius 1 is 0.552 bits per heavy atom. The molecule has 4 aromatic carbocycles. The highest BCUT2D eigenvalue weighted by molar-refractivity contribution is 9.10. The molecule has 0 saturated heterocycles. The van der Waals surface area contributed by atoms with E-state index in [4.69, 9.17) is 10.7 Å². The molecule has 0 unspecified atom stereocenters. The molecule has 0 bridgehead atoms. The third-order valence-corrected chi connectivity index (χ3v) is 6.00. The molecular formula is C24H18BrClO2S. The topological polar surface area (TPSA) is 34.1 Å². The maximum atomic E-state index is 11.2. The quantitative estimate of drug-likeness (QED) is 0.283. The van der Waals surface area contributed by atoms with Gasteiger partial charge in [0.1, 0.15) is 0 Å². The van der Waals surface area contributed by atoms with E-state index >= 15 is 0 Å². The van der Waals surface area contributed by atoms with Crippen molar-refractivity contribution in [3.63, 3.8) is 0 Å². The Labute approximate surface area is 184 Å². The lowest BCUT2D eigenvalue weighted by Crippen LogP contribution is -1.90. The summed E-state index contributed by atoms with van der Waals surface area (Å²) >= 11 is 3.46. The molecule has 0 aromatic heterocycles. The first kappa shape index (κ1) is 21.3. The van der Waals surface area contributed by atoms with Gasteiger partial charge in [0, 0.05) is 15.2 Å². The summed E-state index contributed by atoms with van der Waals surface area (Å²) in [5, 5.41) is 0. The van der Waals surface area contributed by atoms with E-state index in [1.807, 2.05) is 54.6 Å². The number of rotatable bonds is 3. The Balaban J connectivity index is 0.000000169. The molecule has 0 N–H and O–H groups in total. The summed E-state index contributed by atoms with van der Waals surface area (Å²) in [6.07, 6.45) is 0. The first-order chi connectivity index (χ1) is 13.9. The monoisotopic (exact) mass is 484 g/mol. The van der Waals surface area contributed by atoms with Crippen molar-refractivity contribution in [3.8, 4) is 22.3 Å². The van der Waals surface area contributed by atoms with E-state index in [0.717, 1.165) is 15.6 Å². The summed E-state index contributed by atoms with van der Waals surface area (Å²) in [6.45, 7) is 0. The smallest absolute Gasteiger partial charge is 0.207 e. The van der Waals surface area contributed by atoms with E-state index in [1.165, 1.54) is 17.2 Å². The maximum absolute atomic E-state index is 11.2. The molecule has 5 heteroatoms. The van der Waals surface area contributed by atoms with Crippen LogP contribution in [0.1, 0.15) is 0 Å². The molecule has 0 spiro atoms. The molecule has 0 saturated carbocycles. The largest absolute Gasteiger partial charge is 0.261 e. The van der Waals surface area contributed by atoms with Crippen LogP contribution in [0.5, 0.6) is 0 Å². The lowest BCUT2D eigenvalue weighted by Gasteiger charge is -2.02. The first-order valence-corrected chi connectivity index (χ1v) is 11.9. The number of hydrogen-bond acceptors (Lipinski definition) is 2. The number of halogens is 2. The van der Waals surface area contributed by atoms with Crippen LogP contribution in [-0.4, -0.2) is 8.42 Å². The highest BCUT2D eigenvalue weighted by Crippen LogP contribution is 2.24. The third kappa shape index (κ3) is 6.29. The Bertz CT molecular complexity index is 1180. The van der Waals surface area contributed by atoms with Crippen molar-refractivity contribution in [2.24, 2.45) is 0 Å². The van der Waals surface area contributed by atoms with Crippen LogP contribution in [0.25, 0.3) is 22.3 Å². The lowest BCUT2D eigenvalue weighted by molar-refractivity contribution is 0.609. The van der Waals surface area contributed by atoms with Crippen LogP contribution in [0.2, 0.25) is 0 Å². The van der Waals surface area contributed by atoms with Gasteiger partial charge in [-0.3, -0.25) is 0 Å². The van der Waals surface area contributed by atoms with E-state index < -0.39 is 9.05 Å². The van der Waals surface area contributed by atoms with Gasteiger partial charge in [-0.2, -0.15) is 0 Å². The van der Waals surface area contributed by atoms with Gasteiger partial charge in [-0.1, -0.05) is 101 Å². The Morgan fingerprint density at radius 3 is 1.48 bits per heavy atom. The van der Waals surface area contributed by atoms with E-state index in [0.29, 0.717) is 0 Å². The normalized spacial score (nSPS) is 10.7. The second-order valence-corrected chi connectivity index (χ2v) is 9.69. The SMILES string of the molecule is Brc1cccc(-c2ccccc2)c1.O=S(=O)(Cl)c1cccc(-c2ccccc2)c1. The summed E-state index contributed by atoms with van der Waals surface area (Å²) < 4.78 is 23.5. The number of hydrogen-bond donors (Lipinski definition) is 0. The minimum absolute atomic E-state index is 0.121. The molecule has 2 nitrogen and oxygen atoms in total. The van der Waals surface area contributed by atoms with Crippen LogP contribution in [0.3, 0.4) is 0 Å². The van der Waals surface area contributed by atoms with Crippen LogP contribution in [-0.2, 0) is 9.05 Å². The van der Waals surface area contributed by atoms with Gasteiger partial charge in [0.05, 0.1) is 4.90 Å². The molecule has 4 rings (SSSR count). The van der Waals surface area contributed by atoms with Gasteiger partial charge in [0.2, 0.25) is 0 Å². The molecule has 0 aliphatic carbocycles. The van der Waals surface area contributed by atoms with Crippen LogP contribution < -0.4 is 0 Å². The highest BCUT2D eigenvalue weighted by Gasteiger charge is 2.10. The van der Waals surface area contributed by atoms with Crippen LogP contribution in [0.15, 0.2) is 119 Å². The standard InChI is InChI=1S/C12H9Br.C12H9ClO2S/c13-12-8-4-7-11(9-12)10-5-2-1-3-6-10;13-16(14,15)12-8-4-7-11(9-12)10-5-2-1-3-6-10/h1-9H;1-9H.